The Morgan fingerprint density at radius 1 is 1.31 bits per heavy atom. The lowest BCUT2D eigenvalue weighted by Gasteiger charge is -2.32. The molecule has 138 valence electrons. The first-order valence-corrected chi connectivity index (χ1v) is 10.1. The Bertz CT molecular complexity index is 775. The third-order valence-corrected chi connectivity index (χ3v) is 5.23. The zero-order valence-electron chi connectivity index (χ0n) is 15.1. The summed E-state index contributed by atoms with van der Waals surface area (Å²) >= 11 is 1.50. The lowest BCUT2D eigenvalue weighted by molar-refractivity contribution is -0.126. The summed E-state index contributed by atoms with van der Waals surface area (Å²) in [6.07, 6.45) is 5.24. The fourth-order valence-electron chi connectivity index (χ4n) is 3.31. The van der Waals surface area contributed by atoms with Gasteiger partial charge in [0.25, 0.3) is 5.91 Å². The first-order valence-electron chi connectivity index (χ1n) is 8.89. The van der Waals surface area contributed by atoms with Gasteiger partial charge in [-0.2, -0.15) is 0 Å². The van der Waals surface area contributed by atoms with Crippen LogP contribution in [0, 0.1) is 5.92 Å². The van der Waals surface area contributed by atoms with Crippen molar-refractivity contribution in [1.82, 2.24) is 19.8 Å². The molecule has 26 heavy (non-hydrogen) atoms. The van der Waals surface area contributed by atoms with E-state index in [2.05, 4.69) is 10.3 Å². The van der Waals surface area contributed by atoms with Gasteiger partial charge in [0.15, 0.2) is 5.16 Å². The monoisotopic (exact) mass is 372 g/mol. The van der Waals surface area contributed by atoms with Crippen LogP contribution in [0.5, 0.6) is 0 Å². The van der Waals surface area contributed by atoms with E-state index in [4.69, 9.17) is 0 Å². The van der Waals surface area contributed by atoms with Gasteiger partial charge in [0.2, 0.25) is 5.91 Å². The van der Waals surface area contributed by atoms with Crippen LogP contribution in [-0.2, 0) is 4.79 Å². The molecule has 3 rings (SSSR count). The summed E-state index contributed by atoms with van der Waals surface area (Å²) in [5.41, 5.74) is 1.45. The second kappa shape index (κ2) is 8.40. The van der Waals surface area contributed by atoms with E-state index in [-0.39, 0.29) is 17.7 Å². The summed E-state index contributed by atoms with van der Waals surface area (Å²) in [5.74, 6) is -0.178. The standard InChI is InChI=1S/C19H24N4O2S/c1-3-20-17(24)14-8-7-11-22(13-14)18(25)16-12-21-19(26-2)23(16)15-9-5-4-6-10-15/h4-6,9-10,12,14H,3,7-8,11,13H2,1-2H3,(H,20,24). The van der Waals surface area contributed by atoms with Gasteiger partial charge in [0.1, 0.15) is 5.69 Å². The van der Waals surface area contributed by atoms with Gasteiger partial charge in [-0.15, -0.1) is 0 Å². The highest BCUT2D eigenvalue weighted by Gasteiger charge is 2.30. The average Bonchev–Trinajstić information content (AvgIpc) is 3.12. The Morgan fingerprint density at radius 3 is 2.77 bits per heavy atom. The molecule has 0 radical (unpaired) electrons. The van der Waals surface area contributed by atoms with Crippen molar-refractivity contribution in [2.75, 3.05) is 25.9 Å². The molecule has 1 N–H and O–H groups in total. The Hall–Kier alpha value is -2.28. The summed E-state index contributed by atoms with van der Waals surface area (Å²) in [4.78, 5) is 31.5. The van der Waals surface area contributed by atoms with Crippen LogP contribution in [0.2, 0.25) is 0 Å². The first-order chi connectivity index (χ1) is 12.7. The predicted molar refractivity (Wildman–Crippen MR) is 103 cm³/mol. The zero-order valence-corrected chi connectivity index (χ0v) is 16.0. The maximum absolute atomic E-state index is 13.2. The summed E-state index contributed by atoms with van der Waals surface area (Å²) in [7, 11) is 0. The van der Waals surface area contributed by atoms with Gasteiger partial charge in [0.05, 0.1) is 12.1 Å². The molecule has 2 amide bonds. The molecule has 0 bridgehead atoms. The van der Waals surface area contributed by atoms with Gasteiger partial charge in [-0.1, -0.05) is 30.0 Å². The normalized spacial score (nSPS) is 17.2. The molecule has 1 aliphatic heterocycles. The average molecular weight is 372 g/mol. The Kier molecular flexibility index (Phi) is 5.98. The van der Waals surface area contributed by atoms with Crippen molar-refractivity contribution in [2.24, 2.45) is 5.92 Å². The summed E-state index contributed by atoms with van der Waals surface area (Å²) < 4.78 is 1.89. The van der Waals surface area contributed by atoms with Crippen LogP contribution in [-0.4, -0.2) is 52.2 Å². The smallest absolute Gasteiger partial charge is 0.272 e. The molecule has 1 aromatic carbocycles. The number of nitrogens with one attached hydrogen (secondary N) is 1. The minimum Gasteiger partial charge on any atom is -0.356 e. The van der Waals surface area contributed by atoms with Crippen LogP contribution in [0.3, 0.4) is 0 Å². The number of thioether (sulfide) groups is 1. The molecule has 1 atom stereocenters. The van der Waals surface area contributed by atoms with Gasteiger partial charge in [-0.3, -0.25) is 14.2 Å². The van der Waals surface area contributed by atoms with Gasteiger partial charge >= 0.3 is 0 Å². The molecule has 1 aliphatic rings. The van der Waals surface area contributed by atoms with Crippen molar-refractivity contribution in [3.05, 3.63) is 42.2 Å². The number of nitrogens with zero attached hydrogens (tertiary/aromatic N) is 3. The zero-order chi connectivity index (χ0) is 18.5. The molecular formula is C19H24N4O2S. The summed E-state index contributed by atoms with van der Waals surface area (Å²) in [6.45, 7) is 3.65. The van der Waals surface area contributed by atoms with Crippen LogP contribution in [0.4, 0.5) is 0 Å². The molecule has 1 unspecified atom stereocenters. The van der Waals surface area contributed by atoms with Crippen LogP contribution in [0.15, 0.2) is 41.7 Å². The second-order valence-corrected chi connectivity index (χ2v) is 7.06. The fourth-order valence-corrected chi connectivity index (χ4v) is 3.86. The third kappa shape index (κ3) is 3.77. The van der Waals surface area contributed by atoms with Gasteiger partial charge in [-0.25, -0.2) is 4.98 Å². The molecular weight excluding hydrogens is 348 g/mol. The number of rotatable bonds is 5. The van der Waals surface area contributed by atoms with Crippen LogP contribution < -0.4 is 5.32 Å². The molecule has 0 aliphatic carbocycles. The number of carbonyl (C=O) groups is 2. The summed E-state index contributed by atoms with van der Waals surface area (Å²) in [6, 6.07) is 9.76. The number of likely N-dealkylation sites (tertiary alicyclic amines) is 1. The Labute approximate surface area is 158 Å². The number of aromatic nitrogens is 2. The number of imidazole rings is 1. The van der Waals surface area contributed by atoms with Gasteiger partial charge in [-0.05, 0) is 38.2 Å². The number of para-hydroxylation sites is 1. The van der Waals surface area contributed by atoms with Crippen LogP contribution >= 0.6 is 11.8 Å². The molecule has 1 aromatic heterocycles. The SMILES string of the molecule is CCNC(=O)C1CCCN(C(=O)c2cnc(SC)n2-c2ccccc2)C1. The number of amides is 2. The van der Waals surface area contributed by atoms with Crippen molar-refractivity contribution < 1.29 is 9.59 Å². The molecule has 7 heteroatoms. The van der Waals surface area contributed by atoms with Crippen LogP contribution in [0.25, 0.3) is 5.69 Å². The molecule has 2 heterocycles. The molecule has 1 fully saturated rings. The van der Waals surface area contributed by atoms with Gasteiger partial charge in [0, 0.05) is 25.3 Å². The largest absolute Gasteiger partial charge is 0.356 e. The molecule has 1 saturated heterocycles. The van der Waals surface area contributed by atoms with Crippen molar-refractivity contribution in [1.29, 1.82) is 0 Å². The quantitative estimate of drug-likeness (QED) is 0.819. The predicted octanol–water partition coefficient (Wildman–Crippen LogP) is 2.58. The highest BCUT2D eigenvalue weighted by molar-refractivity contribution is 7.98. The number of carbonyl (C=O) groups excluding carboxylic acids is 2. The van der Waals surface area contributed by atoms with E-state index in [1.165, 1.54) is 11.8 Å². The van der Waals surface area contributed by atoms with Crippen molar-refractivity contribution in [3.8, 4) is 5.69 Å². The van der Waals surface area contributed by atoms with Crippen LogP contribution in [0.1, 0.15) is 30.3 Å². The van der Waals surface area contributed by atoms with E-state index >= 15 is 0 Å². The highest BCUT2D eigenvalue weighted by atomic mass is 32.2. The fraction of sp³-hybridized carbons (Fsp3) is 0.421. The second-order valence-electron chi connectivity index (χ2n) is 6.29. The molecule has 2 aromatic rings. The Balaban J connectivity index is 1.86. The van der Waals surface area contributed by atoms with Crippen molar-refractivity contribution in [3.63, 3.8) is 0 Å². The van der Waals surface area contributed by atoms with E-state index < -0.39 is 0 Å². The minimum atomic E-state index is -0.138. The topological polar surface area (TPSA) is 67.2 Å². The van der Waals surface area contributed by atoms with Gasteiger partial charge < -0.3 is 10.2 Å². The number of hydrogen-bond acceptors (Lipinski definition) is 4. The van der Waals surface area contributed by atoms with Crippen molar-refractivity contribution >= 4 is 23.6 Å². The van der Waals surface area contributed by atoms with E-state index in [1.54, 1.807) is 11.1 Å². The lowest BCUT2D eigenvalue weighted by atomic mass is 9.97. The molecule has 6 nitrogen and oxygen atoms in total. The number of piperidine rings is 1. The first kappa shape index (κ1) is 18.5. The number of hydrogen-bond donors (Lipinski definition) is 1. The molecule has 0 spiro atoms. The van der Waals surface area contributed by atoms with E-state index in [0.717, 1.165) is 23.7 Å². The highest BCUT2D eigenvalue weighted by Crippen LogP contribution is 2.24. The summed E-state index contributed by atoms with van der Waals surface area (Å²) in [5, 5.41) is 3.64. The van der Waals surface area contributed by atoms with E-state index in [0.29, 0.717) is 25.3 Å². The maximum atomic E-state index is 13.2. The number of benzene rings is 1. The lowest BCUT2D eigenvalue weighted by Crippen LogP contribution is -2.45. The van der Waals surface area contributed by atoms with E-state index in [1.807, 2.05) is 48.1 Å². The third-order valence-electron chi connectivity index (χ3n) is 4.58. The molecule has 0 saturated carbocycles. The van der Waals surface area contributed by atoms with E-state index in [9.17, 15) is 9.59 Å². The maximum Gasteiger partial charge on any atom is 0.272 e. The van der Waals surface area contributed by atoms with Crippen molar-refractivity contribution in [2.45, 2.75) is 24.9 Å². The Morgan fingerprint density at radius 2 is 2.08 bits per heavy atom. The minimum absolute atomic E-state index is 0.0337.